The van der Waals surface area contributed by atoms with Crippen LogP contribution in [0, 0.1) is 13.8 Å². The summed E-state index contributed by atoms with van der Waals surface area (Å²) in [7, 11) is 0. The molecule has 4 amide bonds. The Bertz CT molecular complexity index is 757. The van der Waals surface area contributed by atoms with Gasteiger partial charge in [0, 0.05) is 18.5 Å². The highest BCUT2D eigenvalue weighted by atomic mass is 16.5. The summed E-state index contributed by atoms with van der Waals surface area (Å²) < 4.78 is 4.76. The number of anilines is 1. The fraction of sp³-hybridized carbons (Fsp3) is 0.312. The predicted molar refractivity (Wildman–Crippen MR) is 88.8 cm³/mol. The number of urea groups is 1. The molecular weight excluding hydrogens is 328 g/mol. The Balaban J connectivity index is 1.78. The number of carbonyl (C=O) groups is 4. The highest BCUT2D eigenvalue weighted by molar-refractivity contribution is 6.37. The molecule has 0 spiro atoms. The maximum Gasteiger partial charge on any atom is 0.355 e. The molecule has 0 atom stereocenters. The highest BCUT2D eigenvalue weighted by Crippen LogP contribution is 2.15. The van der Waals surface area contributed by atoms with E-state index in [0.717, 1.165) is 11.1 Å². The Morgan fingerprint density at radius 3 is 2.64 bits per heavy atom. The van der Waals surface area contributed by atoms with E-state index in [4.69, 9.17) is 4.74 Å². The van der Waals surface area contributed by atoms with Gasteiger partial charge >= 0.3 is 12.0 Å². The lowest BCUT2D eigenvalue weighted by atomic mass is 10.1. The Kier molecular flexibility index (Phi) is 5.83. The van der Waals surface area contributed by atoms with Gasteiger partial charge in [0.15, 0.2) is 6.61 Å². The third kappa shape index (κ3) is 5.41. The molecule has 0 saturated heterocycles. The standard InChI is InChI=1S/C16H18N4O5/c1-9-3-4-11(10(2)7-9)17-16(24)18-14(22)8-25-15(23)12-5-6-13(21)20-19-12/h3-4,7H,5-6,8H2,1-2H3,(H,20,21)(H2,17,18,22,24). The first-order valence-electron chi connectivity index (χ1n) is 7.56. The van der Waals surface area contributed by atoms with E-state index in [-0.39, 0.29) is 24.5 Å². The molecule has 0 aromatic heterocycles. The van der Waals surface area contributed by atoms with Gasteiger partial charge < -0.3 is 10.1 Å². The summed E-state index contributed by atoms with van der Waals surface area (Å²) in [6.07, 6.45) is 0.262. The lowest BCUT2D eigenvalue weighted by molar-refractivity contribution is -0.142. The van der Waals surface area contributed by atoms with Crippen molar-refractivity contribution in [2.75, 3.05) is 11.9 Å². The molecule has 9 heteroatoms. The molecule has 0 radical (unpaired) electrons. The Labute approximate surface area is 143 Å². The van der Waals surface area contributed by atoms with Gasteiger partial charge in [-0.1, -0.05) is 17.7 Å². The van der Waals surface area contributed by atoms with E-state index < -0.39 is 24.5 Å². The van der Waals surface area contributed by atoms with Gasteiger partial charge in [-0.3, -0.25) is 14.9 Å². The minimum absolute atomic E-state index is 0.0205. The number of amides is 4. The van der Waals surface area contributed by atoms with Crippen LogP contribution in [-0.4, -0.2) is 36.1 Å². The van der Waals surface area contributed by atoms with E-state index in [0.29, 0.717) is 5.69 Å². The van der Waals surface area contributed by atoms with Crippen molar-refractivity contribution in [1.29, 1.82) is 0 Å². The minimum atomic E-state index is -0.815. The summed E-state index contributed by atoms with van der Waals surface area (Å²) in [5.41, 5.74) is 4.65. The molecule has 9 nitrogen and oxygen atoms in total. The summed E-state index contributed by atoms with van der Waals surface area (Å²) in [6, 6.07) is 4.72. The number of aryl methyl sites for hydroxylation is 2. The number of nitrogens with one attached hydrogen (secondary N) is 3. The predicted octanol–water partition coefficient (Wildman–Crippen LogP) is 0.761. The number of nitrogens with zero attached hydrogens (tertiary/aromatic N) is 1. The van der Waals surface area contributed by atoms with Crippen molar-refractivity contribution in [2.45, 2.75) is 26.7 Å². The molecule has 0 fully saturated rings. The number of rotatable bonds is 4. The van der Waals surface area contributed by atoms with E-state index in [2.05, 4.69) is 21.2 Å². The van der Waals surface area contributed by atoms with Gasteiger partial charge in [0.05, 0.1) is 0 Å². The summed E-state index contributed by atoms with van der Waals surface area (Å²) in [4.78, 5) is 46.1. The van der Waals surface area contributed by atoms with Gasteiger partial charge in [-0.2, -0.15) is 5.10 Å². The molecule has 0 aliphatic carbocycles. The molecule has 1 aliphatic heterocycles. The van der Waals surface area contributed by atoms with Crippen LogP contribution in [0.15, 0.2) is 23.3 Å². The van der Waals surface area contributed by atoms with E-state index >= 15 is 0 Å². The number of esters is 1. The maximum atomic E-state index is 11.8. The van der Waals surface area contributed by atoms with Crippen LogP contribution in [0.1, 0.15) is 24.0 Å². The molecule has 3 N–H and O–H groups in total. The van der Waals surface area contributed by atoms with Crippen LogP contribution in [0.5, 0.6) is 0 Å². The fourth-order valence-electron chi connectivity index (χ4n) is 2.11. The Hall–Kier alpha value is -3.23. The summed E-state index contributed by atoms with van der Waals surface area (Å²) in [5, 5.41) is 8.15. The van der Waals surface area contributed by atoms with E-state index in [9.17, 15) is 19.2 Å². The fourth-order valence-corrected chi connectivity index (χ4v) is 2.11. The zero-order chi connectivity index (χ0) is 18.4. The molecule has 1 aromatic carbocycles. The molecule has 25 heavy (non-hydrogen) atoms. The van der Waals surface area contributed by atoms with Crippen molar-refractivity contribution in [3.8, 4) is 0 Å². The number of ether oxygens (including phenoxy) is 1. The van der Waals surface area contributed by atoms with Crippen LogP contribution in [0.3, 0.4) is 0 Å². The molecular formula is C16H18N4O5. The van der Waals surface area contributed by atoms with Gasteiger partial charge in [0.1, 0.15) is 5.71 Å². The van der Waals surface area contributed by atoms with Gasteiger partial charge in [-0.05, 0) is 25.5 Å². The average molecular weight is 346 g/mol. The summed E-state index contributed by atoms with van der Waals surface area (Å²) in [5.74, 6) is -1.89. The zero-order valence-corrected chi connectivity index (χ0v) is 13.8. The second-order valence-corrected chi connectivity index (χ2v) is 5.49. The highest BCUT2D eigenvalue weighted by Gasteiger charge is 2.20. The van der Waals surface area contributed by atoms with E-state index in [1.54, 1.807) is 6.07 Å². The van der Waals surface area contributed by atoms with Crippen molar-refractivity contribution < 1.29 is 23.9 Å². The third-order valence-corrected chi connectivity index (χ3v) is 3.36. The van der Waals surface area contributed by atoms with Crippen LogP contribution in [0.25, 0.3) is 0 Å². The number of hydrogen-bond donors (Lipinski definition) is 3. The summed E-state index contributed by atoms with van der Waals surface area (Å²) >= 11 is 0. The van der Waals surface area contributed by atoms with Gasteiger partial charge in [0.2, 0.25) is 5.91 Å². The monoisotopic (exact) mass is 346 g/mol. The lowest BCUT2D eigenvalue weighted by Crippen LogP contribution is -2.38. The van der Waals surface area contributed by atoms with Crippen LogP contribution >= 0.6 is 0 Å². The van der Waals surface area contributed by atoms with Crippen LogP contribution in [-0.2, 0) is 19.1 Å². The third-order valence-electron chi connectivity index (χ3n) is 3.36. The number of benzene rings is 1. The normalized spacial score (nSPS) is 13.4. The van der Waals surface area contributed by atoms with Gasteiger partial charge in [-0.15, -0.1) is 0 Å². The number of hydrogen-bond acceptors (Lipinski definition) is 6. The van der Waals surface area contributed by atoms with E-state index in [1.807, 2.05) is 26.0 Å². The van der Waals surface area contributed by atoms with Crippen LogP contribution in [0.2, 0.25) is 0 Å². The van der Waals surface area contributed by atoms with Crippen molar-refractivity contribution in [2.24, 2.45) is 5.10 Å². The SMILES string of the molecule is Cc1ccc(NC(=O)NC(=O)COC(=O)C2=NNC(=O)CC2)c(C)c1. The number of carbonyl (C=O) groups excluding carboxylic acids is 4. The minimum Gasteiger partial charge on any atom is -0.451 e. The van der Waals surface area contributed by atoms with Crippen LogP contribution < -0.4 is 16.1 Å². The van der Waals surface area contributed by atoms with Gasteiger partial charge in [0.25, 0.3) is 5.91 Å². The van der Waals surface area contributed by atoms with Gasteiger partial charge in [-0.25, -0.2) is 15.0 Å². The first-order chi connectivity index (χ1) is 11.8. The zero-order valence-electron chi connectivity index (χ0n) is 13.8. The topological polar surface area (TPSA) is 126 Å². The number of imide groups is 1. The smallest absolute Gasteiger partial charge is 0.355 e. The summed E-state index contributed by atoms with van der Waals surface area (Å²) in [6.45, 7) is 3.12. The second kappa shape index (κ2) is 8.04. The molecule has 0 unspecified atom stereocenters. The Morgan fingerprint density at radius 2 is 2.00 bits per heavy atom. The first-order valence-corrected chi connectivity index (χ1v) is 7.56. The van der Waals surface area contributed by atoms with Crippen LogP contribution in [0.4, 0.5) is 10.5 Å². The maximum absolute atomic E-state index is 11.8. The van der Waals surface area contributed by atoms with Crippen molar-refractivity contribution in [1.82, 2.24) is 10.7 Å². The first kappa shape index (κ1) is 18.1. The lowest BCUT2D eigenvalue weighted by Gasteiger charge is -2.12. The van der Waals surface area contributed by atoms with Crippen molar-refractivity contribution >= 4 is 35.2 Å². The second-order valence-electron chi connectivity index (χ2n) is 5.49. The van der Waals surface area contributed by atoms with Crippen molar-refractivity contribution in [3.63, 3.8) is 0 Å². The molecule has 1 aromatic rings. The molecule has 2 rings (SSSR count). The van der Waals surface area contributed by atoms with E-state index in [1.165, 1.54) is 0 Å². The largest absolute Gasteiger partial charge is 0.451 e. The average Bonchev–Trinajstić information content (AvgIpc) is 2.56. The quantitative estimate of drug-likeness (QED) is 0.694. The number of hydrazone groups is 1. The molecule has 0 saturated carbocycles. The van der Waals surface area contributed by atoms with Crippen molar-refractivity contribution in [3.05, 3.63) is 29.3 Å². The molecule has 1 aliphatic rings. The molecule has 0 bridgehead atoms. The Morgan fingerprint density at radius 1 is 1.24 bits per heavy atom. The molecule has 1 heterocycles. The molecule has 132 valence electrons.